The topological polar surface area (TPSA) is 105 Å². The minimum atomic E-state index is -0.591. The minimum Gasteiger partial charge on any atom is -0.496 e. The number of amides is 2. The van der Waals surface area contributed by atoms with Crippen LogP contribution in [0.2, 0.25) is 0 Å². The van der Waals surface area contributed by atoms with E-state index in [1.165, 1.54) is 0 Å². The first-order valence-corrected chi connectivity index (χ1v) is 17.0. The average molecular weight is 677 g/mol. The zero-order chi connectivity index (χ0) is 35.1. The van der Waals surface area contributed by atoms with E-state index in [4.69, 9.17) is 28.4 Å². The minimum absolute atomic E-state index is 0.0587. The number of hydrogen-bond acceptors (Lipinski definition) is 8. The molecule has 0 bridgehead atoms. The summed E-state index contributed by atoms with van der Waals surface area (Å²) in [5.41, 5.74) is 3.00. The third-order valence-corrected chi connectivity index (χ3v) is 8.13. The van der Waals surface area contributed by atoms with Gasteiger partial charge in [-0.1, -0.05) is 42.5 Å². The van der Waals surface area contributed by atoms with Gasteiger partial charge in [-0.3, -0.25) is 4.79 Å². The van der Waals surface area contributed by atoms with Crippen LogP contribution in [0.15, 0.2) is 72.8 Å². The molecule has 0 aromatic heterocycles. The van der Waals surface area contributed by atoms with Crippen LogP contribution in [0.1, 0.15) is 73.0 Å². The number of rotatable bonds is 17. The van der Waals surface area contributed by atoms with E-state index in [0.29, 0.717) is 58.2 Å². The predicted octanol–water partition coefficient (Wildman–Crippen LogP) is 6.76. The van der Waals surface area contributed by atoms with Crippen molar-refractivity contribution < 1.29 is 38.0 Å². The molecule has 1 aliphatic rings. The lowest BCUT2D eigenvalue weighted by Crippen LogP contribution is -2.48. The Morgan fingerprint density at radius 2 is 1.69 bits per heavy atom. The van der Waals surface area contributed by atoms with Crippen molar-refractivity contribution in [2.24, 2.45) is 0 Å². The number of nitrogens with one attached hydrogen (secondary N) is 1. The number of likely N-dealkylation sites (tertiary alicyclic amines) is 1. The predicted molar refractivity (Wildman–Crippen MR) is 188 cm³/mol. The summed E-state index contributed by atoms with van der Waals surface area (Å²) in [6, 6.07) is 23.4. The Morgan fingerprint density at radius 3 is 2.45 bits per heavy atom. The fourth-order valence-electron chi connectivity index (χ4n) is 5.65. The maximum absolute atomic E-state index is 13.0. The van der Waals surface area contributed by atoms with Crippen LogP contribution >= 0.6 is 0 Å². The SMILES string of the molecule is COCCCNC(=O)c1cccc(COC2CN(C(=O)OC(C)(C)C)CCC2c2ccc(OCCCOCc3ccccc3OC)cc2)c1. The highest BCUT2D eigenvalue weighted by Gasteiger charge is 2.35. The zero-order valence-corrected chi connectivity index (χ0v) is 29.6. The van der Waals surface area contributed by atoms with E-state index in [0.717, 1.165) is 47.5 Å². The molecule has 2 atom stereocenters. The van der Waals surface area contributed by atoms with Crippen molar-refractivity contribution in [3.05, 3.63) is 95.1 Å². The molecule has 0 spiro atoms. The Bertz CT molecular complexity index is 1460. The Labute approximate surface area is 291 Å². The molecule has 2 amide bonds. The third kappa shape index (κ3) is 12.4. The van der Waals surface area contributed by atoms with Gasteiger partial charge in [0.2, 0.25) is 0 Å². The highest BCUT2D eigenvalue weighted by molar-refractivity contribution is 5.94. The number of methoxy groups -OCH3 is 2. The van der Waals surface area contributed by atoms with Crippen molar-refractivity contribution in [2.45, 2.75) is 70.9 Å². The van der Waals surface area contributed by atoms with Gasteiger partial charge < -0.3 is 38.6 Å². The summed E-state index contributed by atoms with van der Waals surface area (Å²) in [4.78, 5) is 27.4. The van der Waals surface area contributed by atoms with Crippen LogP contribution in [-0.2, 0) is 32.2 Å². The van der Waals surface area contributed by atoms with Crippen LogP contribution in [-0.4, -0.2) is 82.3 Å². The lowest BCUT2D eigenvalue weighted by Gasteiger charge is -2.39. The van der Waals surface area contributed by atoms with E-state index in [2.05, 4.69) is 17.4 Å². The number of carbonyl (C=O) groups is 2. The molecule has 3 aromatic rings. The molecule has 1 saturated heterocycles. The lowest BCUT2D eigenvalue weighted by molar-refractivity contribution is -0.0359. The smallest absolute Gasteiger partial charge is 0.410 e. The van der Waals surface area contributed by atoms with E-state index in [-0.39, 0.29) is 24.0 Å². The van der Waals surface area contributed by atoms with Gasteiger partial charge in [0.25, 0.3) is 5.91 Å². The van der Waals surface area contributed by atoms with Gasteiger partial charge in [-0.05, 0) is 75.1 Å². The van der Waals surface area contributed by atoms with E-state index in [9.17, 15) is 9.59 Å². The van der Waals surface area contributed by atoms with E-state index < -0.39 is 5.60 Å². The molecule has 10 nitrogen and oxygen atoms in total. The summed E-state index contributed by atoms with van der Waals surface area (Å²) in [5, 5.41) is 2.93. The third-order valence-electron chi connectivity index (χ3n) is 8.13. The summed E-state index contributed by atoms with van der Waals surface area (Å²) in [5.74, 6) is 1.54. The molecule has 0 aliphatic carbocycles. The summed E-state index contributed by atoms with van der Waals surface area (Å²) < 4.78 is 34.5. The maximum atomic E-state index is 13.0. The fourth-order valence-corrected chi connectivity index (χ4v) is 5.65. The van der Waals surface area contributed by atoms with Crippen molar-refractivity contribution in [2.75, 3.05) is 53.7 Å². The summed E-state index contributed by atoms with van der Waals surface area (Å²) in [6.45, 7) is 9.59. The van der Waals surface area contributed by atoms with Crippen LogP contribution < -0.4 is 14.8 Å². The monoisotopic (exact) mass is 676 g/mol. The van der Waals surface area contributed by atoms with Crippen molar-refractivity contribution in [3.8, 4) is 11.5 Å². The van der Waals surface area contributed by atoms with Crippen LogP contribution in [0.3, 0.4) is 0 Å². The Morgan fingerprint density at radius 1 is 0.898 bits per heavy atom. The van der Waals surface area contributed by atoms with Gasteiger partial charge >= 0.3 is 6.09 Å². The second-order valence-corrected chi connectivity index (χ2v) is 13.1. The quantitative estimate of drug-likeness (QED) is 0.157. The van der Waals surface area contributed by atoms with Gasteiger partial charge in [0.15, 0.2) is 0 Å². The van der Waals surface area contributed by atoms with Crippen LogP contribution in [0, 0.1) is 0 Å². The van der Waals surface area contributed by atoms with E-state index in [1.807, 2.05) is 75.4 Å². The van der Waals surface area contributed by atoms with E-state index in [1.54, 1.807) is 25.2 Å². The molecule has 10 heteroatoms. The molecule has 4 rings (SSSR count). The average Bonchev–Trinajstić information content (AvgIpc) is 3.10. The normalized spacial score (nSPS) is 16.2. The van der Waals surface area contributed by atoms with Crippen LogP contribution in [0.4, 0.5) is 4.79 Å². The summed E-state index contributed by atoms with van der Waals surface area (Å²) in [7, 11) is 3.30. The van der Waals surface area contributed by atoms with Crippen LogP contribution in [0.25, 0.3) is 0 Å². The number of benzene rings is 3. The molecular formula is C39H52N2O8. The zero-order valence-electron chi connectivity index (χ0n) is 29.6. The maximum Gasteiger partial charge on any atom is 0.410 e. The molecule has 3 aromatic carbocycles. The van der Waals surface area contributed by atoms with Gasteiger partial charge in [0.1, 0.15) is 17.1 Å². The van der Waals surface area contributed by atoms with Crippen molar-refractivity contribution in [1.29, 1.82) is 0 Å². The molecule has 266 valence electrons. The highest BCUT2D eigenvalue weighted by atomic mass is 16.6. The molecule has 0 saturated carbocycles. The second-order valence-electron chi connectivity index (χ2n) is 13.1. The number of nitrogens with zero attached hydrogens (tertiary/aromatic N) is 1. The van der Waals surface area contributed by atoms with Crippen molar-refractivity contribution in [1.82, 2.24) is 10.2 Å². The van der Waals surface area contributed by atoms with Gasteiger partial charge in [-0.15, -0.1) is 0 Å². The summed E-state index contributed by atoms with van der Waals surface area (Å²) >= 11 is 0. The van der Waals surface area contributed by atoms with Crippen molar-refractivity contribution in [3.63, 3.8) is 0 Å². The molecule has 1 heterocycles. The Kier molecular flexibility index (Phi) is 14.7. The van der Waals surface area contributed by atoms with Gasteiger partial charge in [0, 0.05) is 50.3 Å². The second kappa shape index (κ2) is 19.2. The molecule has 1 N–H and O–H groups in total. The number of hydrogen-bond donors (Lipinski definition) is 1. The molecule has 0 radical (unpaired) electrons. The largest absolute Gasteiger partial charge is 0.496 e. The molecule has 49 heavy (non-hydrogen) atoms. The molecule has 1 fully saturated rings. The number of piperidine rings is 1. The summed E-state index contributed by atoms with van der Waals surface area (Å²) in [6.07, 6.45) is 1.60. The lowest BCUT2D eigenvalue weighted by atomic mass is 9.87. The highest BCUT2D eigenvalue weighted by Crippen LogP contribution is 2.33. The molecule has 1 aliphatic heterocycles. The molecular weight excluding hydrogens is 624 g/mol. The molecule has 2 unspecified atom stereocenters. The Hall–Kier alpha value is -4.12. The number of para-hydroxylation sites is 1. The standard InChI is InChI=1S/C39H52N2O8/c1-39(2,3)49-38(43)41-21-19-34(36(26-41)48-27-29-11-8-13-31(25-29)37(42)40-20-9-22-44-4)30-15-17-33(18-16-30)47-24-10-23-46-28-32-12-6-7-14-35(32)45-5/h6-8,11-18,25,34,36H,9-10,19-24,26-28H2,1-5H3,(H,40,42). The first kappa shape index (κ1) is 37.7. The van der Waals surface area contributed by atoms with Gasteiger partial charge in [-0.25, -0.2) is 4.79 Å². The first-order valence-electron chi connectivity index (χ1n) is 17.0. The van der Waals surface area contributed by atoms with Gasteiger partial charge in [-0.2, -0.15) is 0 Å². The number of ether oxygens (including phenoxy) is 6. The fraction of sp³-hybridized carbons (Fsp3) is 0.487. The van der Waals surface area contributed by atoms with Crippen LogP contribution in [0.5, 0.6) is 11.5 Å². The number of carbonyl (C=O) groups excluding carboxylic acids is 2. The van der Waals surface area contributed by atoms with E-state index >= 15 is 0 Å². The van der Waals surface area contributed by atoms with Crippen molar-refractivity contribution >= 4 is 12.0 Å². The Balaban J connectivity index is 1.33. The first-order chi connectivity index (χ1) is 23.7. The van der Waals surface area contributed by atoms with Gasteiger partial charge in [0.05, 0.1) is 46.2 Å².